The van der Waals surface area contributed by atoms with Gasteiger partial charge in [-0.2, -0.15) is 4.98 Å². The lowest BCUT2D eigenvalue weighted by Gasteiger charge is -2.08. The second-order valence-corrected chi connectivity index (χ2v) is 5.60. The van der Waals surface area contributed by atoms with Gasteiger partial charge in [-0.15, -0.1) is 0 Å². The number of carbonyl (C=O) groups is 1. The van der Waals surface area contributed by atoms with Crippen LogP contribution in [0.5, 0.6) is 11.6 Å². The lowest BCUT2D eigenvalue weighted by atomic mass is 10.1. The highest BCUT2D eigenvalue weighted by Crippen LogP contribution is 2.11. The van der Waals surface area contributed by atoms with E-state index in [0.717, 1.165) is 11.3 Å². The predicted molar refractivity (Wildman–Crippen MR) is 96.7 cm³/mol. The molecule has 0 saturated carbocycles. The number of benzene rings is 1. The highest BCUT2D eigenvalue weighted by Gasteiger charge is 2.06. The molecule has 3 aromatic rings. The van der Waals surface area contributed by atoms with Gasteiger partial charge in [0.05, 0.1) is 13.2 Å². The number of pyridine rings is 1. The average molecular weight is 353 g/mol. The van der Waals surface area contributed by atoms with Gasteiger partial charge in [-0.05, 0) is 36.2 Å². The molecule has 1 N–H and O–H groups in total. The Hall–Kier alpha value is -3.35. The molecule has 134 valence electrons. The van der Waals surface area contributed by atoms with E-state index in [2.05, 4.69) is 10.3 Å². The van der Waals surface area contributed by atoms with Crippen molar-refractivity contribution in [2.75, 3.05) is 20.3 Å². The van der Waals surface area contributed by atoms with Crippen LogP contribution in [-0.4, -0.2) is 35.6 Å². The van der Waals surface area contributed by atoms with Crippen LogP contribution in [0.3, 0.4) is 0 Å². The Morgan fingerprint density at radius 2 is 2.00 bits per heavy atom. The van der Waals surface area contributed by atoms with Gasteiger partial charge in [0.25, 0.3) is 11.5 Å². The van der Waals surface area contributed by atoms with Crippen molar-refractivity contribution in [3.8, 4) is 11.6 Å². The quantitative estimate of drug-likeness (QED) is 0.695. The van der Waals surface area contributed by atoms with E-state index in [-0.39, 0.29) is 24.0 Å². The van der Waals surface area contributed by atoms with Crippen molar-refractivity contribution in [1.29, 1.82) is 0 Å². The number of fused-ring (bicyclic) bond motifs is 1. The predicted octanol–water partition coefficient (Wildman–Crippen LogP) is 1.44. The Labute approximate surface area is 150 Å². The van der Waals surface area contributed by atoms with Crippen molar-refractivity contribution < 1.29 is 14.3 Å². The molecule has 2 heterocycles. The van der Waals surface area contributed by atoms with Crippen LogP contribution >= 0.6 is 0 Å². The molecule has 0 radical (unpaired) electrons. The number of nitrogens with zero attached hydrogens (tertiary/aromatic N) is 2. The summed E-state index contributed by atoms with van der Waals surface area (Å²) in [6, 6.07) is 14.1. The molecule has 0 unspecified atom stereocenters. The Morgan fingerprint density at radius 1 is 1.19 bits per heavy atom. The number of aromatic nitrogens is 2. The standard InChI is InChI=1S/C19H19N3O4/c1-25-15-7-5-14(6-8-15)9-10-20-17(23)13-26-18-12-19(24)22-11-3-2-4-16(22)21-18/h2-8,11-12H,9-10,13H2,1H3,(H,20,23). The number of hydrogen-bond acceptors (Lipinski definition) is 5. The topological polar surface area (TPSA) is 81.9 Å². The van der Waals surface area contributed by atoms with E-state index in [1.54, 1.807) is 31.5 Å². The third-order valence-corrected chi connectivity index (χ3v) is 3.79. The van der Waals surface area contributed by atoms with Gasteiger partial charge in [0.2, 0.25) is 5.88 Å². The monoisotopic (exact) mass is 353 g/mol. The molecule has 0 spiro atoms. The molecule has 0 aliphatic carbocycles. The third kappa shape index (κ3) is 4.38. The van der Waals surface area contributed by atoms with Crippen molar-refractivity contribution in [2.24, 2.45) is 0 Å². The number of nitrogens with one attached hydrogen (secondary N) is 1. The Bertz CT molecular complexity index is 951. The van der Waals surface area contributed by atoms with Crippen molar-refractivity contribution in [3.63, 3.8) is 0 Å². The van der Waals surface area contributed by atoms with Gasteiger partial charge in [0.15, 0.2) is 6.61 Å². The smallest absolute Gasteiger partial charge is 0.261 e. The highest BCUT2D eigenvalue weighted by molar-refractivity contribution is 5.77. The second-order valence-electron chi connectivity index (χ2n) is 5.60. The van der Waals surface area contributed by atoms with Gasteiger partial charge in [0.1, 0.15) is 11.4 Å². The Morgan fingerprint density at radius 3 is 2.77 bits per heavy atom. The van der Waals surface area contributed by atoms with E-state index in [9.17, 15) is 9.59 Å². The van der Waals surface area contributed by atoms with Gasteiger partial charge in [-0.1, -0.05) is 18.2 Å². The van der Waals surface area contributed by atoms with Crippen LogP contribution in [0.1, 0.15) is 5.56 Å². The Balaban J connectivity index is 1.48. The third-order valence-electron chi connectivity index (χ3n) is 3.79. The second kappa shape index (κ2) is 8.15. The van der Waals surface area contributed by atoms with Crippen molar-refractivity contribution >= 4 is 11.6 Å². The largest absolute Gasteiger partial charge is 0.497 e. The summed E-state index contributed by atoms with van der Waals surface area (Å²) in [5.74, 6) is 0.657. The van der Waals surface area contributed by atoms with E-state index in [1.165, 1.54) is 10.5 Å². The van der Waals surface area contributed by atoms with Gasteiger partial charge in [-0.25, -0.2) is 0 Å². The first-order valence-electron chi connectivity index (χ1n) is 8.16. The average Bonchev–Trinajstić information content (AvgIpc) is 2.67. The summed E-state index contributed by atoms with van der Waals surface area (Å²) >= 11 is 0. The normalized spacial score (nSPS) is 10.5. The summed E-state index contributed by atoms with van der Waals surface area (Å²) in [5, 5.41) is 2.78. The number of hydrogen-bond donors (Lipinski definition) is 1. The van der Waals surface area contributed by atoms with Crippen molar-refractivity contribution in [3.05, 3.63) is 70.6 Å². The summed E-state index contributed by atoms with van der Waals surface area (Å²) in [7, 11) is 1.62. The fourth-order valence-corrected chi connectivity index (χ4v) is 2.43. The van der Waals surface area contributed by atoms with E-state index < -0.39 is 0 Å². The summed E-state index contributed by atoms with van der Waals surface area (Å²) in [6.45, 7) is 0.292. The first-order chi connectivity index (χ1) is 12.7. The molecule has 0 fully saturated rings. The van der Waals surface area contributed by atoms with E-state index >= 15 is 0 Å². The van der Waals surface area contributed by atoms with Crippen LogP contribution in [0.2, 0.25) is 0 Å². The highest BCUT2D eigenvalue weighted by atomic mass is 16.5. The lowest BCUT2D eigenvalue weighted by Crippen LogP contribution is -2.31. The maximum absolute atomic E-state index is 12.0. The molecule has 2 aromatic heterocycles. The maximum Gasteiger partial charge on any atom is 0.261 e. The van der Waals surface area contributed by atoms with Gasteiger partial charge < -0.3 is 14.8 Å². The van der Waals surface area contributed by atoms with Gasteiger partial charge in [0, 0.05) is 12.7 Å². The van der Waals surface area contributed by atoms with E-state index in [0.29, 0.717) is 18.6 Å². The zero-order valence-electron chi connectivity index (χ0n) is 14.3. The molecule has 0 aliphatic rings. The minimum absolute atomic E-state index is 0.131. The van der Waals surface area contributed by atoms with Crippen LogP contribution in [0.25, 0.3) is 5.65 Å². The van der Waals surface area contributed by atoms with Crippen molar-refractivity contribution in [1.82, 2.24) is 14.7 Å². The molecular weight excluding hydrogens is 334 g/mol. The SMILES string of the molecule is COc1ccc(CCNC(=O)COc2cc(=O)n3ccccc3n2)cc1. The minimum atomic E-state index is -0.270. The maximum atomic E-state index is 12.0. The Kier molecular flexibility index (Phi) is 5.48. The van der Waals surface area contributed by atoms with Crippen LogP contribution in [0, 0.1) is 0 Å². The number of methoxy groups -OCH3 is 1. The van der Waals surface area contributed by atoms with E-state index in [1.807, 2.05) is 24.3 Å². The number of rotatable bonds is 7. The zero-order valence-corrected chi connectivity index (χ0v) is 14.3. The zero-order chi connectivity index (χ0) is 18.4. The molecule has 3 rings (SSSR count). The van der Waals surface area contributed by atoms with Crippen LogP contribution in [0.15, 0.2) is 59.5 Å². The number of ether oxygens (including phenoxy) is 2. The summed E-state index contributed by atoms with van der Waals surface area (Å²) in [5.41, 5.74) is 1.30. The molecule has 1 aromatic carbocycles. The number of carbonyl (C=O) groups excluding carboxylic acids is 1. The molecule has 0 saturated heterocycles. The van der Waals surface area contributed by atoms with Crippen LogP contribution in [-0.2, 0) is 11.2 Å². The van der Waals surface area contributed by atoms with Crippen LogP contribution < -0.4 is 20.3 Å². The minimum Gasteiger partial charge on any atom is -0.497 e. The summed E-state index contributed by atoms with van der Waals surface area (Å²) in [4.78, 5) is 28.0. The van der Waals surface area contributed by atoms with E-state index in [4.69, 9.17) is 9.47 Å². The summed E-state index contributed by atoms with van der Waals surface area (Å²) < 4.78 is 11.8. The number of amides is 1. The molecule has 7 heteroatoms. The van der Waals surface area contributed by atoms with Gasteiger partial charge in [-0.3, -0.25) is 14.0 Å². The fraction of sp³-hybridized carbons (Fsp3) is 0.211. The molecule has 0 aliphatic heterocycles. The van der Waals surface area contributed by atoms with Gasteiger partial charge >= 0.3 is 0 Å². The fourth-order valence-electron chi connectivity index (χ4n) is 2.43. The van der Waals surface area contributed by atoms with Crippen LogP contribution in [0.4, 0.5) is 0 Å². The molecule has 26 heavy (non-hydrogen) atoms. The lowest BCUT2D eigenvalue weighted by molar-refractivity contribution is -0.123. The molecule has 0 bridgehead atoms. The molecule has 0 atom stereocenters. The first kappa shape index (κ1) is 17.5. The van der Waals surface area contributed by atoms with Crippen molar-refractivity contribution in [2.45, 2.75) is 6.42 Å². The first-order valence-corrected chi connectivity index (χ1v) is 8.16. The molecule has 1 amide bonds. The molecule has 7 nitrogen and oxygen atoms in total. The molecular formula is C19H19N3O4. The summed E-state index contributed by atoms with van der Waals surface area (Å²) in [6.07, 6.45) is 2.33.